The number of ether oxygens (including phenoxy) is 4. The van der Waals surface area contributed by atoms with Gasteiger partial charge in [0.25, 0.3) is 0 Å². The van der Waals surface area contributed by atoms with Gasteiger partial charge >= 0.3 is 23.9 Å². The number of fused-ring (bicyclic) bond motifs is 1. The average molecular weight is 571 g/mol. The molecule has 4 rings (SSSR count). The first-order chi connectivity index (χ1) is 18.4. The molecule has 0 unspecified atom stereocenters. The molecule has 0 saturated heterocycles. The third-order valence-corrected chi connectivity index (χ3v) is 5.55. The van der Waals surface area contributed by atoms with Crippen molar-refractivity contribution in [1.29, 1.82) is 0 Å². The Balaban J connectivity index is 2.13. The summed E-state index contributed by atoms with van der Waals surface area (Å²) in [5, 5.41) is 5.66. The minimum atomic E-state index is -0.656. The van der Waals surface area contributed by atoms with Crippen molar-refractivity contribution < 1.29 is 38.1 Å². The van der Waals surface area contributed by atoms with E-state index in [1.54, 1.807) is 18.2 Å². The lowest BCUT2D eigenvalue weighted by atomic mass is 10.1. The molecule has 0 saturated carbocycles. The van der Waals surface area contributed by atoms with Gasteiger partial charge in [0.2, 0.25) is 0 Å². The summed E-state index contributed by atoms with van der Waals surface area (Å²) < 4.78 is 23.0. The minimum Gasteiger partial charge on any atom is -0.426 e. The minimum absolute atomic E-state index is 0.0266. The van der Waals surface area contributed by atoms with E-state index in [9.17, 15) is 19.2 Å². The van der Waals surface area contributed by atoms with Gasteiger partial charge in [0.15, 0.2) is 17.2 Å². The molecule has 0 aliphatic rings. The molecule has 0 amide bonds. The number of para-hydroxylation sites is 1. The lowest BCUT2D eigenvalue weighted by Crippen LogP contribution is -2.11. The summed E-state index contributed by atoms with van der Waals surface area (Å²) in [6, 6.07) is 12.1. The van der Waals surface area contributed by atoms with E-state index >= 15 is 0 Å². The Kier molecular flexibility index (Phi) is 7.89. The maximum absolute atomic E-state index is 12.0. The van der Waals surface area contributed by atoms with E-state index in [0.717, 1.165) is 0 Å². The normalized spacial score (nSPS) is 10.7. The van der Waals surface area contributed by atoms with E-state index in [0.29, 0.717) is 15.9 Å². The third-order valence-electron chi connectivity index (χ3n) is 5.10. The van der Waals surface area contributed by atoms with Crippen molar-refractivity contribution in [2.24, 2.45) is 0 Å². The second-order valence-electron chi connectivity index (χ2n) is 8.18. The maximum atomic E-state index is 12.0. The molecular formula is C27H20Cl2N2O8. The van der Waals surface area contributed by atoms with Crippen LogP contribution in [0.1, 0.15) is 27.7 Å². The van der Waals surface area contributed by atoms with Crippen LogP contribution in [-0.2, 0) is 19.2 Å². The highest BCUT2D eigenvalue weighted by atomic mass is 35.5. The number of hydrogen-bond donors (Lipinski definition) is 0. The van der Waals surface area contributed by atoms with Gasteiger partial charge in [-0.2, -0.15) is 5.10 Å². The van der Waals surface area contributed by atoms with E-state index in [1.807, 2.05) is 0 Å². The first-order valence-corrected chi connectivity index (χ1v) is 12.1. The quantitative estimate of drug-likeness (QED) is 0.212. The molecule has 200 valence electrons. The van der Waals surface area contributed by atoms with Crippen molar-refractivity contribution in [3.8, 4) is 39.9 Å². The average Bonchev–Trinajstić information content (AvgIpc) is 3.15. The van der Waals surface area contributed by atoms with Crippen LogP contribution < -0.4 is 18.9 Å². The fourth-order valence-corrected chi connectivity index (χ4v) is 4.26. The van der Waals surface area contributed by atoms with E-state index in [1.165, 1.54) is 62.7 Å². The second kappa shape index (κ2) is 11.1. The molecule has 0 N–H and O–H groups in total. The van der Waals surface area contributed by atoms with Crippen LogP contribution in [0.2, 0.25) is 10.0 Å². The molecule has 0 atom stereocenters. The number of nitrogens with zero attached hydrogens (tertiary/aromatic N) is 2. The van der Waals surface area contributed by atoms with Crippen LogP contribution in [0, 0.1) is 0 Å². The summed E-state index contributed by atoms with van der Waals surface area (Å²) in [5.41, 5.74) is 0.827. The summed E-state index contributed by atoms with van der Waals surface area (Å²) in [4.78, 5) is 47.7. The van der Waals surface area contributed by atoms with Gasteiger partial charge in [0.05, 0.1) is 11.1 Å². The Labute approximate surface area is 231 Å². The van der Waals surface area contributed by atoms with Gasteiger partial charge in [-0.3, -0.25) is 19.2 Å². The van der Waals surface area contributed by atoms with Gasteiger partial charge in [-0.1, -0.05) is 29.3 Å². The van der Waals surface area contributed by atoms with Crippen LogP contribution in [0.4, 0.5) is 0 Å². The Morgan fingerprint density at radius 2 is 1.15 bits per heavy atom. The Bertz CT molecular complexity index is 1590. The Morgan fingerprint density at radius 1 is 0.667 bits per heavy atom. The summed E-state index contributed by atoms with van der Waals surface area (Å²) in [6.07, 6.45) is 0. The molecule has 12 heteroatoms. The fraction of sp³-hybridized carbons (Fsp3) is 0.148. The number of rotatable bonds is 6. The van der Waals surface area contributed by atoms with Crippen molar-refractivity contribution in [2.45, 2.75) is 27.7 Å². The van der Waals surface area contributed by atoms with E-state index in [2.05, 4.69) is 0 Å². The SMILES string of the molecule is CC(=O)Oc1cc(Cl)cc(OC(C)=O)c1-c1nn(-c2c(OC(C)=O)cccc2OC(C)=O)c2cc(Cl)ccc12. The van der Waals surface area contributed by atoms with Crippen molar-refractivity contribution in [3.05, 3.63) is 58.6 Å². The Morgan fingerprint density at radius 3 is 1.64 bits per heavy atom. The molecule has 0 aliphatic heterocycles. The van der Waals surface area contributed by atoms with Gasteiger partial charge in [0.1, 0.15) is 17.2 Å². The number of esters is 4. The zero-order valence-corrected chi connectivity index (χ0v) is 22.5. The lowest BCUT2D eigenvalue weighted by molar-refractivity contribution is -0.133. The number of benzene rings is 3. The first kappa shape index (κ1) is 27.6. The van der Waals surface area contributed by atoms with Crippen molar-refractivity contribution in [2.75, 3.05) is 0 Å². The van der Waals surface area contributed by atoms with Crippen LogP contribution in [0.3, 0.4) is 0 Å². The molecule has 0 bridgehead atoms. The monoisotopic (exact) mass is 570 g/mol. The zero-order valence-electron chi connectivity index (χ0n) is 21.0. The molecule has 1 aromatic heterocycles. The van der Waals surface area contributed by atoms with Crippen molar-refractivity contribution in [3.63, 3.8) is 0 Å². The number of aromatic nitrogens is 2. The van der Waals surface area contributed by atoms with Crippen LogP contribution >= 0.6 is 23.2 Å². The van der Waals surface area contributed by atoms with Crippen LogP contribution in [0.5, 0.6) is 23.0 Å². The molecule has 3 aromatic carbocycles. The number of halogens is 2. The fourth-order valence-electron chi connectivity index (χ4n) is 3.89. The van der Waals surface area contributed by atoms with Gasteiger partial charge < -0.3 is 18.9 Å². The summed E-state index contributed by atoms with van der Waals surface area (Å²) >= 11 is 12.6. The lowest BCUT2D eigenvalue weighted by Gasteiger charge is -2.15. The molecule has 4 aromatic rings. The van der Waals surface area contributed by atoms with Crippen LogP contribution in [0.25, 0.3) is 27.8 Å². The van der Waals surface area contributed by atoms with Crippen LogP contribution in [0.15, 0.2) is 48.5 Å². The molecule has 0 spiro atoms. The summed E-state index contributed by atoms with van der Waals surface area (Å²) in [6.45, 7) is 4.84. The largest absolute Gasteiger partial charge is 0.426 e. The van der Waals surface area contributed by atoms with Crippen molar-refractivity contribution >= 4 is 58.0 Å². The van der Waals surface area contributed by atoms with Gasteiger partial charge in [-0.15, -0.1) is 0 Å². The molecule has 0 aliphatic carbocycles. The van der Waals surface area contributed by atoms with E-state index in [-0.39, 0.29) is 45.0 Å². The predicted molar refractivity (Wildman–Crippen MR) is 142 cm³/mol. The van der Waals surface area contributed by atoms with Crippen LogP contribution in [-0.4, -0.2) is 33.7 Å². The van der Waals surface area contributed by atoms with E-state index < -0.39 is 23.9 Å². The third kappa shape index (κ3) is 6.02. The number of hydrogen-bond acceptors (Lipinski definition) is 9. The molecule has 0 fully saturated rings. The standard InChI is InChI=1S/C27H20Cl2N2O8/c1-13(32)36-21-6-5-7-22(37-14(2)33)27(21)31-20-10-17(28)8-9-19(20)26(30-31)25-23(38-15(3)34)11-18(29)12-24(25)39-16(4)35/h5-12H,1-4H3. The highest BCUT2D eigenvalue weighted by Crippen LogP contribution is 2.45. The summed E-state index contributed by atoms with van der Waals surface area (Å²) in [5.74, 6) is -2.55. The predicted octanol–water partition coefficient (Wildman–Crippen LogP) is 5.70. The smallest absolute Gasteiger partial charge is 0.308 e. The molecule has 39 heavy (non-hydrogen) atoms. The highest BCUT2D eigenvalue weighted by Gasteiger charge is 2.27. The van der Waals surface area contributed by atoms with Gasteiger partial charge in [0, 0.05) is 55.3 Å². The maximum Gasteiger partial charge on any atom is 0.308 e. The van der Waals surface area contributed by atoms with E-state index in [4.69, 9.17) is 47.2 Å². The first-order valence-electron chi connectivity index (χ1n) is 11.3. The molecular weight excluding hydrogens is 551 g/mol. The van der Waals surface area contributed by atoms with Crippen molar-refractivity contribution in [1.82, 2.24) is 9.78 Å². The zero-order chi connectivity index (χ0) is 28.4. The topological polar surface area (TPSA) is 123 Å². The number of carbonyl (C=O) groups is 4. The number of carbonyl (C=O) groups excluding carboxylic acids is 4. The van der Waals surface area contributed by atoms with Gasteiger partial charge in [-0.25, -0.2) is 4.68 Å². The summed E-state index contributed by atoms with van der Waals surface area (Å²) in [7, 11) is 0. The second-order valence-corrected chi connectivity index (χ2v) is 9.05. The molecule has 10 nitrogen and oxygen atoms in total. The Hall–Kier alpha value is -4.41. The van der Waals surface area contributed by atoms with Gasteiger partial charge in [-0.05, 0) is 30.3 Å². The molecule has 0 radical (unpaired) electrons. The molecule has 1 heterocycles. The highest BCUT2D eigenvalue weighted by molar-refractivity contribution is 6.31.